The van der Waals surface area contributed by atoms with Gasteiger partial charge in [-0.2, -0.15) is 0 Å². The molecule has 0 saturated carbocycles. The maximum atomic E-state index is 4.70. The van der Waals surface area contributed by atoms with Crippen LogP contribution in [0.15, 0.2) is 59.1 Å². The van der Waals surface area contributed by atoms with Gasteiger partial charge in [0.05, 0.1) is 12.2 Å². The van der Waals surface area contributed by atoms with E-state index in [0.717, 1.165) is 32.9 Å². The fraction of sp³-hybridized carbons (Fsp3) is 0.118. The largest absolute Gasteiger partial charge is 0.378 e. The number of aromatic nitrogens is 2. The summed E-state index contributed by atoms with van der Waals surface area (Å²) in [6, 6.07) is 18.3. The van der Waals surface area contributed by atoms with Crippen molar-refractivity contribution in [2.45, 2.75) is 13.5 Å². The molecule has 0 aliphatic heterocycles. The Hall–Kier alpha value is -2.07. The van der Waals surface area contributed by atoms with E-state index in [1.54, 1.807) is 0 Å². The Kier molecular flexibility index (Phi) is 4.06. The molecule has 0 unspecified atom stereocenters. The lowest BCUT2D eigenvalue weighted by Crippen LogP contribution is -2.00. The van der Waals surface area contributed by atoms with Gasteiger partial charge in [0.2, 0.25) is 0 Å². The van der Waals surface area contributed by atoms with E-state index in [-0.39, 0.29) is 0 Å². The highest BCUT2D eigenvalue weighted by Crippen LogP contribution is 2.24. The Morgan fingerprint density at radius 3 is 2.67 bits per heavy atom. The molecule has 3 aromatic rings. The van der Waals surface area contributed by atoms with Crippen LogP contribution in [0.3, 0.4) is 0 Å². The molecule has 0 aliphatic carbocycles. The molecule has 4 heteroatoms. The summed E-state index contributed by atoms with van der Waals surface area (Å²) in [5.41, 5.74) is 4.29. The van der Waals surface area contributed by atoms with Crippen molar-refractivity contribution in [3.05, 3.63) is 70.6 Å². The third kappa shape index (κ3) is 3.34. The first-order valence-electron chi connectivity index (χ1n) is 6.83. The summed E-state index contributed by atoms with van der Waals surface area (Å²) >= 11 is 3.50. The molecule has 0 fully saturated rings. The molecule has 0 bridgehead atoms. The Labute approximate surface area is 132 Å². The normalized spacial score (nSPS) is 10.6. The maximum absolute atomic E-state index is 4.70. The number of imidazole rings is 1. The number of nitrogens with one attached hydrogen (secondary N) is 2. The van der Waals surface area contributed by atoms with Crippen molar-refractivity contribution in [3.8, 4) is 11.3 Å². The van der Waals surface area contributed by atoms with Crippen molar-refractivity contribution in [1.29, 1.82) is 0 Å². The van der Waals surface area contributed by atoms with Crippen LogP contribution in [0.25, 0.3) is 11.3 Å². The van der Waals surface area contributed by atoms with Gasteiger partial charge in [-0.05, 0) is 31.2 Å². The van der Waals surface area contributed by atoms with E-state index in [1.807, 2.05) is 42.5 Å². The van der Waals surface area contributed by atoms with Crippen LogP contribution in [-0.4, -0.2) is 9.97 Å². The second-order valence-corrected chi connectivity index (χ2v) is 5.80. The molecular formula is C17H16BrN3. The highest BCUT2D eigenvalue weighted by Gasteiger charge is 2.09. The van der Waals surface area contributed by atoms with Crippen LogP contribution in [-0.2, 0) is 6.54 Å². The number of aryl methyl sites for hydroxylation is 1. The molecule has 0 aliphatic rings. The monoisotopic (exact) mass is 341 g/mol. The van der Waals surface area contributed by atoms with Crippen molar-refractivity contribution in [3.63, 3.8) is 0 Å². The lowest BCUT2D eigenvalue weighted by atomic mass is 10.1. The average molecular weight is 342 g/mol. The molecule has 2 aromatic carbocycles. The number of hydrogen-bond donors (Lipinski definition) is 2. The molecule has 3 rings (SSSR count). The van der Waals surface area contributed by atoms with Crippen molar-refractivity contribution < 1.29 is 0 Å². The maximum Gasteiger partial charge on any atom is 0.126 e. The molecule has 3 nitrogen and oxygen atoms in total. The van der Waals surface area contributed by atoms with Gasteiger partial charge in [0.25, 0.3) is 0 Å². The van der Waals surface area contributed by atoms with Crippen molar-refractivity contribution >= 4 is 21.6 Å². The molecule has 0 atom stereocenters. The first-order chi connectivity index (χ1) is 10.2. The van der Waals surface area contributed by atoms with Crippen LogP contribution in [0, 0.1) is 6.92 Å². The summed E-state index contributed by atoms with van der Waals surface area (Å²) in [6.07, 6.45) is 0. The number of nitrogens with zero attached hydrogens (tertiary/aromatic N) is 1. The minimum absolute atomic E-state index is 0.679. The molecule has 2 N–H and O–H groups in total. The van der Waals surface area contributed by atoms with E-state index in [9.17, 15) is 0 Å². The second kappa shape index (κ2) is 6.14. The Bertz CT molecular complexity index is 735. The number of para-hydroxylation sites is 1. The molecule has 0 spiro atoms. The Morgan fingerprint density at radius 2 is 1.90 bits per heavy atom. The molecule has 1 heterocycles. The van der Waals surface area contributed by atoms with Crippen LogP contribution >= 0.6 is 15.9 Å². The van der Waals surface area contributed by atoms with Gasteiger partial charge < -0.3 is 10.3 Å². The summed E-state index contributed by atoms with van der Waals surface area (Å²) in [6.45, 7) is 2.73. The van der Waals surface area contributed by atoms with Crippen LogP contribution in [0.5, 0.6) is 0 Å². The van der Waals surface area contributed by atoms with Gasteiger partial charge in [-0.25, -0.2) is 4.98 Å². The van der Waals surface area contributed by atoms with E-state index in [0.29, 0.717) is 6.54 Å². The van der Waals surface area contributed by atoms with Crippen molar-refractivity contribution in [1.82, 2.24) is 9.97 Å². The van der Waals surface area contributed by atoms with E-state index >= 15 is 0 Å². The fourth-order valence-corrected chi connectivity index (χ4v) is 2.66. The SMILES string of the molecule is Cc1[nH]c(CNc2ccccc2)nc1-c1cccc(Br)c1. The molecule has 0 radical (unpaired) electrons. The van der Waals surface area contributed by atoms with Gasteiger partial charge in [0, 0.05) is 21.4 Å². The van der Waals surface area contributed by atoms with E-state index in [1.165, 1.54) is 0 Å². The van der Waals surface area contributed by atoms with E-state index in [4.69, 9.17) is 4.98 Å². The molecule has 21 heavy (non-hydrogen) atoms. The summed E-state index contributed by atoms with van der Waals surface area (Å²) < 4.78 is 1.06. The zero-order valence-corrected chi connectivity index (χ0v) is 13.3. The standard InChI is InChI=1S/C17H16BrN3/c1-12-17(13-6-5-7-14(18)10-13)21-16(20-12)11-19-15-8-3-2-4-9-15/h2-10,19H,11H2,1H3,(H,20,21). The number of benzene rings is 2. The highest BCUT2D eigenvalue weighted by molar-refractivity contribution is 9.10. The Morgan fingerprint density at radius 1 is 1.10 bits per heavy atom. The van der Waals surface area contributed by atoms with Crippen molar-refractivity contribution in [2.24, 2.45) is 0 Å². The summed E-state index contributed by atoms with van der Waals surface area (Å²) in [5.74, 6) is 0.936. The van der Waals surface area contributed by atoms with E-state index < -0.39 is 0 Å². The summed E-state index contributed by atoms with van der Waals surface area (Å²) in [7, 11) is 0. The van der Waals surface area contributed by atoms with Crippen LogP contribution < -0.4 is 5.32 Å². The highest BCUT2D eigenvalue weighted by atomic mass is 79.9. The Balaban J connectivity index is 1.78. The summed E-state index contributed by atoms with van der Waals surface area (Å²) in [4.78, 5) is 8.04. The van der Waals surface area contributed by atoms with Crippen LogP contribution in [0.4, 0.5) is 5.69 Å². The number of H-pyrrole nitrogens is 1. The third-order valence-corrected chi connectivity index (χ3v) is 3.76. The van der Waals surface area contributed by atoms with Gasteiger partial charge in [-0.15, -0.1) is 0 Å². The third-order valence-electron chi connectivity index (χ3n) is 3.27. The number of hydrogen-bond acceptors (Lipinski definition) is 2. The fourth-order valence-electron chi connectivity index (χ4n) is 2.26. The van der Waals surface area contributed by atoms with Crippen LogP contribution in [0.2, 0.25) is 0 Å². The summed E-state index contributed by atoms with van der Waals surface area (Å²) in [5, 5.41) is 3.36. The zero-order chi connectivity index (χ0) is 14.7. The predicted molar refractivity (Wildman–Crippen MR) is 90.2 cm³/mol. The minimum atomic E-state index is 0.679. The van der Waals surface area contributed by atoms with Crippen molar-refractivity contribution in [2.75, 3.05) is 5.32 Å². The number of rotatable bonds is 4. The molecule has 0 saturated heterocycles. The first-order valence-corrected chi connectivity index (χ1v) is 7.62. The topological polar surface area (TPSA) is 40.7 Å². The second-order valence-electron chi connectivity index (χ2n) is 4.89. The van der Waals surface area contributed by atoms with Gasteiger partial charge >= 0.3 is 0 Å². The number of anilines is 1. The molecule has 106 valence electrons. The quantitative estimate of drug-likeness (QED) is 0.718. The number of aromatic amines is 1. The molecule has 0 amide bonds. The van der Waals surface area contributed by atoms with Gasteiger partial charge in [0.1, 0.15) is 5.82 Å². The smallest absolute Gasteiger partial charge is 0.126 e. The van der Waals surface area contributed by atoms with Gasteiger partial charge in [-0.1, -0.05) is 46.3 Å². The molecule has 1 aromatic heterocycles. The minimum Gasteiger partial charge on any atom is -0.378 e. The predicted octanol–water partition coefficient (Wildman–Crippen LogP) is 4.76. The number of halogens is 1. The zero-order valence-electron chi connectivity index (χ0n) is 11.7. The lowest BCUT2D eigenvalue weighted by molar-refractivity contribution is 0.993. The molecular weight excluding hydrogens is 326 g/mol. The lowest BCUT2D eigenvalue weighted by Gasteiger charge is -2.03. The first kappa shape index (κ1) is 13.9. The van der Waals surface area contributed by atoms with Gasteiger partial charge in [-0.3, -0.25) is 0 Å². The van der Waals surface area contributed by atoms with E-state index in [2.05, 4.69) is 45.3 Å². The average Bonchev–Trinajstić information content (AvgIpc) is 2.87. The van der Waals surface area contributed by atoms with Gasteiger partial charge in [0.15, 0.2) is 0 Å². The van der Waals surface area contributed by atoms with Crippen LogP contribution in [0.1, 0.15) is 11.5 Å².